The molecule has 0 radical (unpaired) electrons. The molecule has 6 heteroatoms. The lowest BCUT2D eigenvalue weighted by Crippen LogP contribution is -2.48. The van der Waals surface area contributed by atoms with E-state index in [4.69, 9.17) is 0 Å². The van der Waals surface area contributed by atoms with Gasteiger partial charge in [-0.25, -0.2) is 0 Å². The summed E-state index contributed by atoms with van der Waals surface area (Å²) in [5.41, 5.74) is 2.93. The summed E-state index contributed by atoms with van der Waals surface area (Å²) < 4.78 is 0. The van der Waals surface area contributed by atoms with Gasteiger partial charge in [-0.15, -0.1) is 0 Å². The van der Waals surface area contributed by atoms with E-state index >= 15 is 0 Å². The van der Waals surface area contributed by atoms with Gasteiger partial charge < -0.3 is 15.1 Å². The second-order valence-corrected chi connectivity index (χ2v) is 7.89. The zero-order valence-corrected chi connectivity index (χ0v) is 16.7. The van der Waals surface area contributed by atoms with Crippen molar-refractivity contribution in [2.75, 3.05) is 38.0 Å². The van der Waals surface area contributed by atoms with Crippen molar-refractivity contribution in [3.05, 3.63) is 35.5 Å². The highest BCUT2D eigenvalue weighted by molar-refractivity contribution is 6.08. The first-order valence-electron chi connectivity index (χ1n) is 10.3. The van der Waals surface area contributed by atoms with E-state index in [1.165, 1.54) is 0 Å². The lowest BCUT2D eigenvalue weighted by molar-refractivity contribution is -0.122. The van der Waals surface area contributed by atoms with Crippen LogP contribution in [0.1, 0.15) is 42.2 Å². The number of aryl methyl sites for hydroxylation is 1. The third-order valence-electron chi connectivity index (χ3n) is 6.03. The van der Waals surface area contributed by atoms with E-state index in [0.717, 1.165) is 68.6 Å². The summed E-state index contributed by atoms with van der Waals surface area (Å²) in [6, 6.07) is 7.60. The third kappa shape index (κ3) is 3.74. The summed E-state index contributed by atoms with van der Waals surface area (Å²) in [6.07, 6.45) is 3.01. The number of hydrogen-bond acceptors (Lipinski definition) is 4. The lowest BCUT2D eigenvalue weighted by atomic mass is 9.85. The maximum Gasteiger partial charge on any atom is 0.254 e. The molecule has 0 bridgehead atoms. The molecule has 0 unspecified atom stereocenters. The number of likely N-dealkylation sites (N-methyl/N-ethyl adjacent to an activating group) is 1. The summed E-state index contributed by atoms with van der Waals surface area (Å²) in [7, 11) is 0. The standard InChI is InChI=1S/C22H28N4O2/c1-3-25-9-11-26(12-10-25)22(28)19-13-17(24-21(27)16-5-4-6-16)14-20-18(19)8-7-15(2)23-20/h7-8,13-14,16H,3-6,9-12H2,1-2H3,(H,24,27). The van der Waals surface area contributed by atoms with Gasteiger partial charge in [-0.05, 0) is 44.5 Å². The highest BCUT2D eigenvalue weighted by Gasteiger charge is 2.27. The molecule has 148 valence electrons. The number of piperazine rings is 1. The second-order valence-electron chi connectivity index (χ2n) is 7.89. The van der Waals surface area contributed by atoms with Crippen molar-refractivity contribution < 1.29 is 9.59 Å². The summed E-state index contributed by atoms with van der Waals surface area (Å²) in [5.74, 6) is 0.168. The van der Waals surface area contributed by atoms with Gasteiger partial charge >= 0.3 is 0 Å². The summed E-state index contributed by atoms with van der Waals surface area (Å²) in [6.45, 7) is 8.35. The molecule has 1 aliphatic carbocycles. The fourth-order valence-electron chi connectivity index (χ4n) is 3.94. The molecule has 1 saturated heterocycles. The van der Waals surface area contributed by atoms with Crippen LogP contribution in [-0.4, -0.2) is 59.3 Å². The Balaban J connectivity index is 1.65. The van der Waals surface area contributed by atoms with E-state index in [1.807, 2.05) is 36.1 Å². The maximum absolute atomic E-state index is 13.3. The SMILES string of the molecule is CCN1CCN(C(=O)c2cc(NC(=O)C3CCC3)cc3nc(C)ccc23)CC1. The first kappa shape index (κ1) is 18.9. The number of aromatic nitrogens is 1. The molecular formula is C22H28N4O2. The van der Waals surface area contributed by atoms with Crippen LogP contribution in [0.3, 0.4) is 0 Å². The van der Waals surface area contributed by atoms with Crippen molar-refractivity contribution >= 4 is 28.4 Å². The molecule has 2 heterocycles. The number of hydrogen-bond donors (Lipinski definition) is 1. The molecular weight excluding hydrogens is 352 g/mol. The Bertz CT molecular complexity index is 899. The van der Waals surface area contributed by atoms with Crippen LogP contribution in [0.25, 0.3) is 10.9 Å². The first-order valence-corrected chi connectivity index (χ1v) is 10.3. The highest BCUT2D eigenvalue weighted by atomic mass is 16.2. The lowest BCUT2D eigenvalue weighted by Gasteiger charge is -2.34. The van der Waals surface area contributed by atoms with Gasteiger partial charge in [0.2, 0.25) is 5.91 Å². The molecule has 6 nitrogen and oxygen atoms in total. The number of anilines is 1. The minimum Gasteiger partial charge on any atom is -0.336 e. The van der Waals surface area contributed by atoms with Crippen LogP contribution < -0.4 is 5.32 Å². The van der Waals surface area contributed by atoms with Crippen LogP contribution in [0.2, 0.25) is 0 Å². The Morgan fingerprint density at radius 2 is 1.89 bits per heavy atom. The number of benzene rings is 1. The third-order valence-corrected chi connectivity index (χ3v) is 6.03. The maximum atomic E-state index is 13.3. The molecule has 1 saturated carbocycles. The Kier molecular flexibility index (Phi) is 5.31. The largest absolute Gasteiger partial charge is 0.336 e. The molecule has 1 aromatic heterocycles. The van der Waals surface area contributed by atoms with E-state index in [1.54, 1.807) is 0 Å². The predicted octanol–water partition coefficient (Wildman–Crippen LogP) is 3.06. The van der Waals surface area contributed by atoms with E-state index in [-0.39, 0.29) is 17.7 Å². The fraction of sp³-hybridized carbons (Fsp3) is 0.500. The Morgan fingerprint density at radius 3 is 2.54 bits per heavy atom. The Hall–Kier alpha value is -2.47. The molecule has 1 aromatic carbocycles. The van der Waals surface area contributed by atoms with Crippen molar-refractivity contribution in [2.24, 2.45) is 5.92 Å². The van der Waals surface area contributed by atoms with Crippen molar-refractivity contribution in [1.29, 1.82) is 0 Å². The average molecular weight is 380 g/mol. The summed E-state index contributed by atoms with van der Waals surface area (Å²) in [4.78, 5) is 34.6. The fourth-order valence-corrected chi connectivity index (χ4v) is 3.94. The monoisotopic (exact) mass is 380 g/mol. The molecule has 0 atom stereocenters. The van der Waals surface area contributed by atoms with Gasteiger partial charge in [-0.2, -0.15) is 0 Å². The van der Waals surface area contributed by atoms with Gasteiger partial charge in [0, 0.05) is 48.9 Å². The number of amides is 2. The molecule has 28 heavy (non-hydrogen) atoms. The Morgan fingerprint density at radius 1 is 1.14 bits per heavy atom. The normalized spacial score (nSPS) is 18.1. The van der Waals surface area contributed by atoms with Gasteiger partial charge in [0.05, 0.1) is 11.1 Å². The minimum atomic E-state index is 0.0196. The number of carbonyl (C=O) groups is 2. The van der Waals surface area contributed by atoms with E-state index in [9.17, 15) is 9.59 Å². The number of nitrogens with one attached hydrogen (secondary N) is 1. The smallest absolute Gasteiger partial charge is 0.254 e. The van der Waals surface area contributed by atoms with Gasteiger partial charge in [0.25, 0.3) is 5.91 Å². The zero-order valence-electron chi connectivity index (χ0n) is 16.7. The number of rotatable bonds is 4. The molecule has 2 fully saturated rings. The topological polar surface area (TPSA) is 65.5 Å². The predicted molar refractivity (Wildman–Crippen MR) is 110 cm³/mol. The number of fused-ring (bicyclic) bond motifs is 1. The van der Waals surface area contributed by atoms with Crippen LogP contribution in [0.5, 0.6) is 0 Å². The van der Waals surface area contributed by atoms with Crippen LogP contribution >= 0.6 is 0 Å². The minimum absolute atomic E-state index is 0.0196. The van der Waals surface area contributed by atoms with Crippen molar-refractivity contribution in [2.45, 2.75) is 33.1 Å². The van der Waals surface area contributed by atoms with Gasteiger partial charge in [0.1, 0.15) is 0 Å². The zero-order chi connectivity index (χ0) is 19.7. The van der Waals surface area contributed by atoms with Crippen LogP contribution in [-0.2, 0) is 4.79 Å². The molecule has 2 aromatic rings. The molecule has 0 spiro atoms. The first-order chi connectivity index (χ1) is 13.5. The van der Waals surface area contributed by atoms with Gasteiger partial charge in [0.15, 0.2) is 0 Å². The average Bonchev–Trinajstić information content (AvgIpc) is 2.65. The number of nitrogens with zero attached hydrogens (tertiary/aromatic N) is 3. The molecule has 1 N–H and O–H groups in total. The molecule has 2 aliphatic rings. The van der Waals surface area contributed by atoms with Crippen molar-refractivity contribution in [3.63, 3.8) is 0 Å². The second kappa shape index (κ2) is 7.87. The molecule has 4 rings (SSSR count). The van der Waals surface area contributed by atoms with Crippen LogP contribution in [0, 0.1) is 12.8 Å². The van der Waals surface area contributed by atoms with Crippen molar-refractivity contribution in [3.8, 4) is 0 Å². The van der Waals surface area contributed by atoms with Crippen LogP contribution in [0.15, 0.2) is 24.3 Å². The summed E-state index contributed by atoms with van der Waals surface area (Å²) in [5, 5.41) is 3.85. The van der Waals surface area contributed by atoms with Crippen molar-refractivity contribution in [1.82, 2.24) is 14.8 Å². The Labute approximate surface area is 165 Å². The van der Waals surface area contributed by atoms with Crippen LogP contribution in [0.4, 0.5) is 5.69 Å². The van der Waals surface area contributed by atoms with Gasteiger partial charge in [-0.3, -0.25) is 14.6 Å². The number of carbonyl (C=O) groups excluding carboxylic acids is 2. The van der Waals surface area contributed by atoms with E-state index in [0.29, 0.717) is 11.3 Å². The number of pyridine rings is 1. The quantitative estimate of drug-likeness (QED) is 0.885. The van der Waals surface area contributed by atoms with E-state index in [2.05, 4.69) is 22.1 Å². The summed E-state index contributed by atoms with van der Waals surface area (Å²) >= 11 is 0. The molecule has 1 aliphatic heterocycles. The van der Waals surface area contributed by atoms with E-state index < -0.39 is 0 Å². The molecule has 2 amide bonds. The van der Waals surface area contributed by atoms with Gasteiger partial charge in [-0.1, -0.05) is 19.4 Å². The highest BCUT2D eigenvalue weighted by Crippen LogP contribution is 2.29.